The SMILES string of the molecule is CCCC1=C(C(=O)OCC)C(c2cccc3c2OCCC3)/C(=C/N)C(N)=N1. The molecular formula is C21H27N3O3. The van der Waals surface area contributed by atoms with Gasteiger partial charge in [-0.15, -0.1) is 0 Å². The van der Waals surface area contributed by atoms with Gasteiger partial charge in [-0.2, -0.15) is 0 Å². The van der Waals surface area contributed by atoms with Crippen molar-refractivity contribution in [3.8, 4) is 5.75 Å². The topological polar surface area (TPSA) is 99.9 Å². The van der Waals surface area contributed by atoms with Gasteiger partial charge in [-0.3, -0.25) is 0 Å². The van der Waals surface area contributed by atoms with Crippen LogP contribution in [-0.2, 0) is 16.0 Å². The monoisotopic (exact) mass is 369 g/mol. The van der Waals surface area contributed by atoms with Gasteiger partial charge in [0, 0.05) is 17.3 Å². The van der Waals surface area contributed by atoms with Crippen molar-refractivity contribution in [2.45, 2.75) is 45.4 Å². The Balaban J connectivity index is 2.23. The number of nitrogens with two attached hydrogens (primary N) is 2. The summed E-state index contributed by atoms with van der Waals surface area (Å²) >= 11 is 0. The second kappa shape index (κ2) is 8.29. The van der Waals surface area contributed by atoms with Crippen molar-refractivity contribution in [1.29, 1.82) is 0 Å². The molecule has 4 N–H and O–H groups in total. The van der Waals surface area contributed by atoms with Crippen LogP contribution in [0, 0.1) is 0 Å². The van der Waals surface area contributed by atoms with Gasteiger partial charge in [-0.1, -0.05) is 31.5 Å². The number of hydrogen-bond donors (Lipinski definition) is 2. The smallest absolute Gasteiger partial charge is 0.336 e. The molecule has 2 heterocycles. The van der Waals surface area contributed by atoms with Gasteiger partial charge in [0.05, 0.1) is 30.4 Å². The second-order valence-corrected chi connectivity index (χ2v) is 6.67. The van der Waals surface area contributed by atoms with Gasteiger partial charge in [-0.05, 0) is 31.7 Å². The van der Waals surface area contributed by atoms with Crippen LogP contribution in [0.3, 0.4) is 0 Å². The Morgan fingerprint density at radius 2 is 2.22 bits per heavy atom. The van der Waals surface area contributed by atoms with Crippen LogP contribution in [0.2, 0.25) is 0 Å². The Bertz CT molecular complexity index is 824. The lowest BCUT2D eigenvalue weighted by atomic mass is 9.79. The zero-order valence-corrected chi connectivity index (χ0v) is 16.0. The van der Waals surface area contributed by atoms with Gasteiger partial charge in [0.2, 0.25) is 0 Å². The molecule has 0 bridgehead atoms. The molecule has 6 nitrogen and oxygen atoms in total. The van der Waals surface area contributed by atoms with Gasteiger partial charge in [0.1, 0.15) is 11.6 Å². The minimum Gasteiger partial charge on any atom is -0.493 e. The van der Waals surface area contributed by atoms with E-state index in [1.54, 1.807) is 6.92 Å². The molecule has 0 spiro atoms. The number of allylic oxidation sites excluding steroid dienone is 1. The average Bonchev–Trinajstić information content (AvgIpc) is 2.67. The highest BCUT2D eigenvalue weighted by atomic mass is 16.5. The van der Waals surface area contributed by atoms with Crippen LogP contribution in [0.5, 0.6) is 5.75 Å². The van der Waals surface area contributed by atoms with Gasteiger partial charge in [0.15, 0.2) is 0 Å². The normalized spacial score (nSPS) is 20.7. The molecular weight excluding hydrogens is 342 g/mol. The summed E-state index contributed by atoms with van der Waals surface area (Å²) in [6, 6.07) is 6.02. The second-order valence-electron chi connectivity index (χ2n) is 6.67. The maximum atomic E-state index is 12.9. The first-order valence-corrected chi connectivity index (χ1v) is 9.53. The molecule has 3 rings (SSSR count). The number of hydrogen-bond acceptors (Lipinski definition) is 6. The predicted molar refractivity (Wildman–Crippen MR) is 105 cm³/mol. The molecule has 0 aliphatic carbocycles. The van der Waals surface area contributed by atoms with Crippen molar-refractivity contribution in [2.75, 3.05) is 13.2 Å². The van der Waals surface area contributed by atoms with E-state index in [-0.39, 0.29) is 5.97 Å². The number of carbonyl (C=O) groups is 1. The maximum absolute atomic E-state index is 12.9. The molecule has 6 heteroatoms. The summed E-state index contributed by atoms with van der Waals surface area (Å²) in [5.74, 6) is 0.337. The molecule has 0 saturated carbocycles. The van der Waals surface area contributed by atoms with Crippen LogP contribution < -0.4 is 16.2 Å². The number of aliphatic imine (C=N–C) groups is 1. The third kappa shape index (κ3) is 3.56. The van der Waals surface area contributed by atoms with Gasteiger partial charge in [0.25, 0.3) is 0 Å². The van der Waals surface area contributed by atoms with Gasteiger partial charge >= 0.3 is 5.97 Å². The first-order chi connectivity index (χ1) is 13.1. The Morgan fingerprint density at radius 3 is 2.93 bits per heavy atom. The standard InChI is InChI=1S/C21H27N3O3/c1-3-7-16-18(21(25)26-4-2)17(15(12-22)20(23)24-16)14-10-5-8-13-9-6-11-27-19(13)14/h5,8,10,12,17H,3-4,6-7,9,11,22H2,1-2H3,(H2,23,24)/b15-12-. The van der Waals surface area contributed by atoms with Gasteiger partial charge in [-0.25, -0.2) is 9.79 Å². The lowest BCUT2D eigenvalue weighted by Crippen LogP contribution is -2.31. The van der Waals surface area contributed by atoms with Crippen LogP contribution in [0.4, 0.5) is 0 Å². The number of fused-ring (bicyclic) bond motifs is 1. The number of aryl methyl sites for hydroxylation is 1. The number of amidine groups is 1. The Hall–Kier alpha value is -2.76. The molecule has 0 radical (unpaired) electrons. The van der Waals surface area contributed by atoms with E-state index in [0.717, 1.165) is 36.1 Å². The Kier molecular flexibility index (Phi) is 5.84. The van der Waals surface area contributed by atoms with Gasteiger partial charge < -0.3 is 20.9 Å². The minimum atomic E-state index is -0.443. The van der Waals surface area contributed by atoms with Crippen molar-refractivity contribution < 1.29 is 14.3 Å². The number of nitrogens with zero attached hydrogens (tertiary/aromatic N) is 1. The summed E-state index contributed by atoms with van der Waals surface area (Å²) in [6.07, 6.45) is 4.84. The van der Waals surface area contributed by atoms with Crippen LogP contribution in [0.25, 0.3) is 0 Å². The maximum Gasteiger partial charge on any atom is 0.336 e. The highest BCUT2D eigenvalue weighted by Crippen LogP contribution is 2.44. The summed E-state index contributed by atoms with van der Waals surface area (Å²) in [7, 11) is 0. The Morgan fingerprint density at radius 1 is 1.41 bits per heavy atom. The molecule has 1 aromatic carbocycles. The van der Waals surface area contributed by atoms with E-state index < -0.39 is 5.92 Å². The van der Waals surface area contributed by atoms with Crippen LogP contribution in [0.1, 0.15) is 50.2 Å². The summed E-state index contributed by atoms with van der Waals surface area (Å²) in [5.41, 5.74) is 15.9. The Labute approximate surface area is 159 Å². The highest BCUT2D eigenvalue weighted by Gasteiger charge is 2.37. The molecule has 1 unspecified atom stereocenters. The van der Waals surface area contributed by atoms with E-state index in [2.05, 4.69) is 11.1 Å². The van der Waals surface area contributed by atoms with E-state index in [1.165, 1.54) is 6.20 Å². The van der Waals surface area contributed by atoms with E-state index in [9.17, 15) is 4.79 Å². The van der Waals surface area contributed by atoms with Crippen LogP contribution in [0.15, 0.2) is 46.2 Å². The first kappa shape index (κ1) is 19.0. The number of rotatable bonds is 5. The lowest BCUT2D eigenvalue weighted by Gasteiger charge is -2.31. The van der Waals surface area contributed by atoms with Crippen LogP contribution >= 0.6 is 0 Å². The summed E-state index contributed by atoms with van der Waals surface area (Å²) in [6.45, 7) is 4.78. The fourth-order valence-electron chi connectivity index (χ4n) is 3.76. The molecule has 27 heavy (non-hydrogen) atoms. The molecule has 2 aliphatic heterocycles. The summed E-state index contributed by atoms with van der Waals surface area (Å²) < 4.78 is 11.4. The van der Waals surface area contributed by atoms with Crippen molar-refractivity contribution in [3.63, 3.8) is 0 Å². The van der Waals surface area contributed by atoms with Crippen molar-refractivity contribution in [2.24, 2.45) is 16.5 Å². The first-order valence-electron chi connectivity index (χ1n) is 9.53. The van der Waals surface area contributed by atoms with Crippen molar-refractivity contribution >= 4 is 11.8 Å². The molecule has 144 valence electrons. The fourth-order valence-corrected chi connectivity index (χ4v) is 3.76. The third-order valence-electron chi connectivity index (χ3n) is 4.90. The molecule has 1 aromatic rings. The molecule has 1 atom stereocenters. The molecule has 2 aliphatic rings. The number of carbonyl (C=O) groups excluding carboxylic acids is 1. The van der Waals surface area contributed by atoms with Crippen molar-refractivity contribution in [3.05, 3.63) is 52.4 Å². The van der Waals surface area contributed by atoms with E-state index in [4.69, 9.17) is 20.9 Å². The molecule has 0 saturated heterocycles. The lowest BCUT2D eigenvalue weighted by molar-refractivity contribution is -0.138. The number of benzene rings is 1. The predicted octanol–water partition coefficient (Wildman–Crippen LogP) is 2.93. The molecule has 0 amide bonds. The number of para-hydroxylation sites is 1. The largest absolute Gasteiger partial charge is 0.493 e. The molecule has 0 fully saturated rings. The fraction of sp³-hybridized carbons (Fsp3) is 0.429. The zero-order chi connectivity index (χ0) is 19.4. The number of esters is 1. The zero-order valence-electron chi connectivity index (χ0n) is 16.0. The van der Waals surface area contributed by atoms with Crippen molar-refractivity contribution in [1.82, 2.24) is 0 Å². The van der Waals surface area contributed by atoms with E-state index >= 15 is 0 Å². The van der Waals surface area contributed by atoms with E-state index in [0.29, 0.717) is 42.3 Å². The van der Waals surface area contributed by atoms with Crippen LogP contribution in [-0.4, -0.2) is 25.0 Å². The quantitative estimate of drug-likeness (QED) is 0.777. The molecule has 0 aromatic heterocycles. The summed E-state index contributed by atoms with van der Waals surface area (Å²) in [5, 5.41) is 0. The minimum absolute atomic E-state index is 0.290. The van der Waals surface area contributed by atoms with E-state index in [1.807, 2.05) is 19.1 Å². The average molecular weight is 369 g/mol. The third-order valence-corrected chi connectivity index (χ3v) is 4.90. The highest BCUT2D eigenvalue weighted by molar-refractivity contribution is 6.06. The summed E-state index contributed by atoms with van der Waals surface area (Å²) in [4.78, 5) is 17.4. The number of ether oxygens (including phenoxy) is 2.